The van der Waals surface area contributed by atoms with E-state index < -0.39 is 0 Å². The minimum atomic E-state index is 1.22. The van der Waals surface area contributed by atoms with E-state index in [0.717, 1.165) is 0 Å². The Hall–Kier alpha value is -1.50. The van der Waals surface area contributed by atoms with Gasteiger partial charge in [0, 0.05) is 0 Å². The molecule has 2 aromatic carbocycles. The van der Waals surface area contributed by atoms with Crippen molar-refractivity contribution < 1.29 is 0 Å². The topological polar surface area (TPSA) is 0 Å². The van der Waals surface area contributed by atoms with Gasteiger partial charge in [-0.15, -0.1) is 0 Å². The Kier molecular flexibility index (Phi) is 4.80. The van der Waals surface area contributed by atoms with Gasteiger partial charge in [0.1, 0.15) is 0 Å². The first-order valence-corrected chi connectivity index (χ1v) is 8.46. The van der Waals surface area contributed by atoms with Crippen LogP contribution in [0, 0.1) is 0 Å². The minimum Gasteiger partial charge on any atom is -0.0737 e. The molecule has 0 nitrogen and oxygen atoms in total. The number of aryl methyl sites for hydroxylation is 1. The standard InChI is InChI=1S/C20H24B/c1-2-3-4-5-6-7-11-16-12-10-14-18-17-13-8-9-15-19(17)21-20(16)18/h8-10,12-15H,2-7,11H2,1H3. The second-order valence-electron chi connectivity index (χ2n) is 6.13. The van der Waals surface area contributed by atoms with Crippen LogP contribution in [-0.4, -0.2) is 7.28 Å². The van der Waals surface area contributed by atoms with E-state index in [2.05, 4.69) is 56.7 Å². The average molecular weight is 275 g/mol. The lowest BCUT2D eigenvalue weighted by Crippen LogP contribution is -2.24. The smallest absolute Gasteiger partial charge is 0.0737 e. The van der Waals surface area contributed by atoms with Gasteiger partial charge >= 0.3 is 0 Å². The average Bonchev–Trinajstić information content (AvgIpc) is 2.90. The zero-order valence-corrected chi connectivity index (χ0v) is 13.1. The fourth-order valence-corrected chi connectivity index (χ4v) is 3.36. The molecule has 2 aromatic rings. The van der Waals surface area contributed by atoms with Crippen molar-refractivity contribution in [3.63, 3.8) is 0 Å². The Labute approximate surface area is 129 Å². The fraction of sp³-hybridized carbons (Fsp3) is 0.400. The minimum absolute atomic E-state index is 1.22. The lowest BCUT2D eigenvalue weighted by atomic mass is 9.66. The first-order valence-electron chi connectivity index (χ1n) is 8.46. The van der Waals surface area contributed by atoms with Crippen LogP contribution in [0.2, 0.25) is 0 Å². The van der Waals surface area contributed by atoms with Gasteiger partial charge in [0.15, 0.2) is 7.28 Å². The van der Waals surface area contributed by atoms with Crippen LogP contribution < -0.4 is 10.9 Å². The normalized spacial score (nSPS) is 11.9. The molecule has 1 aliphatic heterocycles. The summed E-state index contributed by atoms with van der Waals surface area (Å²) in [5.41, 5.74) is 7.20. The molecule has 0 aromatic heterocycles. The fourth-order valence-electron chi connectivity index (χ4n) is 3.36. The third-order valence-electron chi connectivity index (χ3n) is 4.55. The monoisotopic (exact) mass is 275 g/mol. The summed E-state index contributed by atoms with van der Waals surface area (Å²) in [7, 11) is 2.37. The summed E-state index contributed by atoms with van der Waals surface area (Å²) in [6.45, 7) is 2.28. The molecule has 0 bridgehead atoms. The molecule has 0 saturated heterocycles. The molecule has 0 fully saturated rings. The Bertz CT molecular complexity index is 601. The Morgan fingerprint density at radius 3 is 2.43 bits per heavy atom. The van der Waals surface area contributed by atoms with Crippen molar-refractivity contribution in [3.05, 3.63) is 48.0 Å². The van der Waals surface area contributed by atoms with Gasteiger partial charge in [-0.3, -0.25) is 0 Å². The molecule has 0 aliphatic carbocycles. The van der Waals surface area contributed by atoms with Crippen LogP contribution in [0.5, 0.6) is 0 Å². The van der Waals surface area contributed by atoms with Crippen LogP contribution in [0.4, 0.5) is 0 Å². The van der Waals surface area contributed by atoms with E-state index in [4.69, 9.17) is 0 Å². The van der Waals surface area contributed by atoms with Gasteiger partial charge in [0.2, 0.25) is 0 Å². The summed E-state index contributed by atoms with van der Waals surface area (Å²) < 4.78 is 0. The molecule has 21 heavy (non-hydrogen) atoms. The van der Waals surface area contributed by atoms with Crippen LogP contribution in [0.15, 0.2) is 42.5 Å². The molecular weight excluding hydrogens is 251 g/mol. The maximum Gasteiger partial charge on any atom is 0.193 e. The second-order valence-corrected chi connectivity index (χ2v) is 6.13. The molecular formula is C20H24B. The summed E-state index contributed by atoms with van der Waals surface area (Å²) in [6.07, 6.45) is 9.44. The molecule has 1 aliphatic rings. The van der Waals surface area contributed by atoms with Crippen LogP contribution in [0.1, 0.15) is 51.0 Å². The highest BCUT2D eigenvalue weighted by molar-refractivity contribution is 6.73. The third-order valence-corrected chi connectivity index (χ3v) is 4.55. The molecule has 107 valence electrons. The van der Waals surface area contributed by atoms with Gasteiger partial charge in [-0.25, -0.2) is 0 Å². The molecule has 0 spiro atoms. The Morgan fingerprint density at radius 1 is 0.762 bits per heavy atom. The Morgan fingerprint density at radius 2 is 1.52 bits per heavy atom. The van der Waals surface area contributed by atoms with E-state index in [9.17, 15) is 0 Å². The zero-order chi connectivity index (χ0) is 14.5. The predicted molar refractivity (Wildman–Crippen MR) is 94.0 cm³/mol. The van der Waals surface area contributed by atoms with Crippen LogP contribution in [0.25, 0.3) is 11.1 Å². The lowest BCUT2D eigenvalue weighted by Gasteiger charge is -2.09. The maximum absolute atomic E-state index is 2.37. The summed E-state index contributed by atoms with van der Waals surface area (Å²) in [5.74, 6) is 0. The lowest BCUT2D eigenvalue weighted by molar-refractivity contribution is 0.608. The molecule has 0 amide bonds. The van der Waals surface area contributed by atoms with E-state index in [-0.39, 0.29) is 0 Å². The zero-order valence-electron chi connectivity index (χ0n) is 13.1. The van der Waals surface area contributed by atoms with Gasteiger partial charge in [0.05, 0.1) is 0 Å². The van der Waals surface area contributed by atoms with Gasteiger partial charge in [0.25, 0.3) is 0 Å². The first kappa shape index (κ1) is 14.4. The third kappa shape index (κ3) is 3.23. The Balaban J connectivity index is 1.64. The van der Waals surface area contributed by atoms with Crippen molar-refractivity contribution in [2.45, 2.75) is 51.9 Å². The summed E-state index contributed by atoms with van der Waals surface area (Å²) in [6, 6.07) is 15.5. The number of hydrogen-bond acceptors (Lipinski definition) is 0. The van der Waals surface area contributed by atoms with E-state index in [1.54, 1.807) is 0 Å². The SMILES string of the molecule is CCCCCCCCc1cccc2c1[B]c1ccccc1-2. The molecule has 3 rings (SSSR count). The van der Waals surface area contributed by atoms with Crippen LogP contribution in [0.3, 0.4) is 0 Å². The van der Waals surface area contributed by atoms with Crippen molar-refractivity contribution in [2.24, 2.45) is 0 Å². The quantitative estimate of drug-likeness (QED) is 0.447. The highest BCUT2D eigenvalue weighted by Gasteiger charge is 2.20. The summed E-state index contributed by atoms with van der Waals surface area (Å²) >= 11 is 0. The van der Waals surface area contributed by atoms with Crippen molar-refractivity contribution in [3.8, 4) is 11.1 Å². The molecule has 1 heteroatoms. The maximum atomic E-state index is 2.37. The number of rotatable bonds is 7. The van der Waals surface area contributed by atoms with E-state index in [1.165, 1.54) is 72.6 Å². The van der Waals surface area contributed by atoms with Crippen LogP contribution >= 0.6 is 0 Å². The molecule has 0 unspecified atom stereocenters. The molecule has 0 N–H and O–H groups in total. The molecule has 1 heterocycles. The summed E-state index contributed by atoms with van der Waals surface area (Å²) in [4.78, 5) is 0. The molecule has 0 saturated carbocycles. The van der Waals surface area contributed by atoms with Crippen LogP contribution in [-0.2, 0) is 6.42 Å². The molecule has 0 atom stereocenters. The van der Waals surface area contributed by atoms with Gasteiger partial charge < -0.3 is 0 Å². The van der Waals surface area contributed by atoms with Gasteiger partial charge in [-0.2, -0.15) is 0 Å². The second kappa shape index (κ2) is 6.98. The van der Waals surface area contributed by atoms with E-state index in [0.29, 0.717) is 0 Å². The van der Waals surface area contributed by atoms with Gasteiger partial charge in [-0.05, 0) is 24.0 Å². The largest absolute Gasteiger partial charge is 0.193 e. The molecule has 1 radical (unpaired) electrons. The van der Waals surface area contributed by atoms with Crippen molar-refractivity contribution >= 4 is 18.2 Å². The predicted octanol–water partition coefficient (Wildman–Crippen LogP) is 4.23. The van der Waals surface area contributed by atoms with E-state index >= 15 is 0 Å². The van der Waals surface area contributed by atoms with Crippen molar-refractivity contribution in [1.29, 1.82) is 0 Å². The number of benzene rings is 2. The van der Waals surface area contributed by atoms with E-state index in [1.807, 2.05) is 0 Å². The van der Waals surface area contributed by atoms with Crippen molar-refractivity contribution in [2.75, 3.05) is 0 Å². The number of unbranched alkanes of at least 4 members (excludes halogenated alkanes) is 5. The highest BCUT2D eigenvalue weighted by atomic mass is 14.1. The number of fused-ring (bicyclic) bond motifs is 3. The first-order chi connectivity index (χ1) is 10.4. The van der Waals surface area contributed by atoms with Crippen molar-refractivity contribution in [1.82, 2.24) is 0 Å². The summed E-state index contributed by atoms with van der Waals surface area (Å²) in [5, 5.41) is 0. The number of hydrogen-bond donors (Lipinski definition) is 0. The highest BCUT2D eigenvalue weighted by Crippen LogP contribution is 2.22. The van der Waals surface area contributed by atoms with Gasteiger partial charge in [-0.1, -0.05) is 98.0 Å².